The largest absolute Gasteiger partial charge is 0.384 e. The molecule has 0 aliphatic heterocycles. The smallest absolute Gasteiger partial charge is 0.108 e. The van der Waals surface area contributed by atoms with Gasteiger partial charge < -0.3 is 5.11 Å². The third kappa shape index (κ3) is 2.43. The summed E-state index contributed by atoms with van der Waals surface area (Å²) in [5.41, 5.74) is 0.246. The van der Waals surface area contributed by atoms with E-state index in [0.717, 1.165) is 29.4 Å². The first kappa shape index (κ1) is 13.1. The molecular formula is C13H21BrN2O. The van der Waals surface area contributed by atoms with Gasteiger partial charge in [-0.15, -0.1) is 0 Å². The summed E-state index contributed by atoms with van der Waals surface area (Å²) >= 11 is 3.53. The number of halogens is 1. The molecule has 1 aliphatic carbocycles. The van der Waals surface area contributed by atoms with Crippen molar-refractivity contribution in [2.45, 2.75) is 58.1 Å². The van der Waals surface area contributed by atoms with E-state index < -0.39 is 5.60 Å². The zero-order valence-corrected chi connectivity index (χ0v) is 12.4. The molecule has 0 radical (unpaired) electrons. The Hall–Kier alpha value is -0.350. The lowest BCUT2D eigenvalue weighted by molar-refractivity contribution is -0.0268. The molecule has 1 aliphatic rings. The molecule has 3 nitrogen and oxygen atoms in total. The molecule has 4 heteroatoms. The Labute approximate surface area is 111 Å². The molecular weight excluding hydrogens is 280 g/mol. The van der Waals surface area contributed by atoms with Crippen LogP contribution in [0.4, 0.5) is 0 Å². The van der Waals surface area contributed by atoms with Gasteiger partial charge in [0.15, 0.2) is 0 Å². The number of hydrogen-bond acceptors (Lipinski definition) is 2. The first-order chi connectivity index (χ1) is 7.94. The highest BCUT2D eigenvalue weighted by Gasteiger charge is 2.39. The Morgan fingerprint density at radius 3 is 2.88 bits per heavy atom. The predicted octanol–water partition coefficient (Wildman–Crippen LogP) is 3.62. The minimum atomic E-state index is -0.711. The molecule has 2 unspecified atom stereocenters. The normalized spacial score (nSPS) is 29.9. The van der Waals surface area contributed by atoms with Gasteiger partial charge in [0.05, 0.1) is 16.4 Å². The zero-order valence-electron chi connectivity index (χ0n) is 10.8. The second-order valence-electron chi connectivity index (χ2n) is 5.61. The Bertz CT molecular complexity index is 402. The molecule has 1 saturated carbocycles. The van der Waals surface area contributed by atoms with Crippen LogP contribution in [-0.2, 0) is 5.60 Å². The molecule has 0 bridgehead atoms. The van der Waals surface area contributed by atoms with E-state index in [4.69, 9.17) is 0 Å². The number of aliphatic hydroxyl groups is 1. The topological polar surface area (TPSA) is 38.1 Å². The van der Waals surface area contributed by atoms with E-state index in [9.17, 15) is 5.11 Å². The van der Waals surface area contributed by atoms with Crippen LogP contribution in [0.1, 0.15) is 58.2 Å². The summed E-state index contributed by atoms with van der Waals surface area (Å²) in [7, 11) is 0. The van der Waals surface area contributed by atoms with Gasteiger partial charge in [-0.25, -0.2) is 0 Å². The molecule has 1 N–H and O–H groups in total. The second kappa shape index (κ2) is 4.73. The lowest BCUT2D eigenvalue weighted by atomic mass is 9.77. The summed E-state index contributed by atoms with van der Waals surface area (Å²) < 4.78 is 2.88. The third-order valence-corrected chi connectivity index (χ3v) is 4.23. The summed E-state index contributed by atoms with van der Waals surface area (Å²) in [4.78, 5) is 0. The minimum absolute atomic E-state index is 0.276. The van der Waals surface area contributed by atoms with E-state index in [-0.39, 0.29) is 6.04 Å². The average Bonchev–Trinajstić information content (AvgIpc) is 2.60. The Morgan fingerprint density at radius 1 is 1.59 bits per heavy atom. The highest BCUT2D eigenvalue weighted by molar-refractivity contribution is 9.10. The molecule has 1 aromatic heterocycles. The predicted molar refractivity (Wildman–Crippen MR) is 71.8 cm³/mol. The fraction of sp³-hybridized carbons (Fsp3) is 0.769. The van der Waals surface area contributed by atoms with Crippen molar-refractivity contribution in [2.24, 2.45) is 5.92 Å². The molecule has 1 fully saturated rings. The van der Waals surface area contributed by atoms with Crippen LogP contribution in [0.15, 0.2) is 10.7 Å². The fourth-order valence-electron chi connectivity index (χ4n) is 2.91. The lowest BCUT2D eigenvalue weighted by Crippen LogP contribution is -2.35. The number of aromatic nitrogens is 2. The molecule has 1 heterocycles. The molecule has 1 aromatic rings. The standard InChI is InChI=1S/C13H21BrN2O/c1-9(2)16-12(11(14)8-15-16)13(17)6-4-5-10(3)7-13/h8-10,17H,4-7H2,1-3H3. The van der Waals surface area contributed by atoms with E-state index in [1.165, 1.54) is 6.42 Å². The van der Waals surface area contributed by atoms with E-state index in [1.807, 2.05) is 4.68 Å². The van der Waals surface area contributed by atoms with Crippen molar-refractivity contribution < 1.29 is 5.11 Å². The highest BCUT2D eigenvalue weighted by atomic mass is 79.9. The zero-order chi connectivity index (χ0) is 12.6. The van der Waals surface area contributed by atoms with E-state index >= 15 is 0 Å². The third-order valence-electron chi connectivity index (χ3n) is 3.65. The van der Waals surface area contributed by atoms with Crippen LogP contribution in [0, 0.1) is 5.92 Å². The van der Waals surface area contributed by atoms with Crippen molar-refractivity contribution in [2.75, 3.05) is 0 Å². The molecule has 17 heavy (non-hydrogen) atoms. The van der Waals surface area contributed by atoms with Crippen LogP contribution < -0.4 is 0 Å². The molecule has 2 atom stereocenters. The van der Waals surface area contributed by atoms with Crippen molar-refractivity contribution in [3.8, 4) is 0 Å². The van der Waals surface area contributed by atoms with Gasteiger partial charge in [0.25, 0.3) is 0 Å². The number of rotatable bonds is 2. The van der Waals surface area contributed by atoms with Crippen LogP contribution in [0.3, 0.4) is 0 Å². The van der Waals surface area contributed by atoms with Crippen molar-refractivity contribution in [3.63, 3.8) is 0 Å². The molecule has 96 valence electrons. The average molecular weight is 301 g/mol. The van der Waals surface area contributed by atoms with Crippen LogP contribution in [0.2, 0.25) is 0 Å². The van der Waals surface area contributed by atoms with Gasteiger partial charge in [0.1, 0.15) is 5.60 Å². The maximum absolute atomic E-state index is 10.9. The van der Waals surface area contributed by atoms with Crippen LogP contribution in [-0.4, -0.2) is 14.9 Å². The summed E-state index contributed by atoms with van der Waals surface area (Å²) in [5.74, 6) is 0.580. The van der Waals surface area contributed by atoms with Gasteiger partial charge >= 0.3 is 0 Å². The van der Waals surface area contributed by atoms with E-state index in [2.05, 4.69) is 41.8 Å². The van der Waals surface area contributed by atoms with Crippen LogP contribution in [0.25, 0.3) is 0 Å². The Kier molecular flexibility index (Phi) is 3.64. The number of nitrogens with zero attached hydrogens (tertiary/aromatic N) is 2. The molecule has 2 rings (SSSR count). The molecule has 0 saturated heterocycles. The summed E-state index contributed by atoms with van der Waals surface area (Å²) in [6.07, 6.45) is 5.79. The van der Waals surface area contributed by atoms with Gasteiger partial charge in [0, 0.05) is 6.04 Å². The van der Waals surface area contributed by atoms with Crippen molar-refractivity contribution in [3.05, 3.63) is 16.4 Å². The van der Waals surface area contributed by atoms with Crippen LogP contribution in [0.5, 0.6) is 0 Å². The number of hydrogen-bond donors (Lipinski definition) is 1. The first-order valence-corrected chi connectivity index (χ1v) is 7.19. The van der Waals surface area contributed by atoms with Crippen molar-refractivity contribution >= 4 is 15.9 Å². The van der Waals surface area contributed by atoms with Crippen molar-refractivity contribution in [1.29, 1.82) is 0 Å². The second-order valence-corrected chi connectivity index (χ2v) is 6.47. The summed E-state index contributed by atoms with van der Waals surface area (Å²) in [6, 6.07) is 0.276. The quantitative estimate of drug-likeness (QED) is 0.906. The first-order valence-electron chi connectivity index (χ1n) is 6.40. The van der Waals surface area contributed by atoms with Crippen LogP contribution >= 0.6 is 15.9 Å². The SMILES string of the molecule is CC1CCCC(O)(c2c(Br)cnn2C(C)C)C1. The summed E-state index contributed by atoms with van der Waals surface area (Å²) in [6.45, 7) is 6.41. The highest BCUT2D eigenvalue weighted by Crippen LogP contribution is 2.42. The van der Waals surface area contributed by atoms with E-state index in [1.54, 1.807) is 6.20 Å². The van der Waals surface area contributed by atoms with Gasteiger partial charge in [-0.3, -0.25) is 4.68 Å². The maximum atomic E-state index is 10.9. The summed E-state index contributed by atoms with van der Waals surface area (Å²) in [5, 5.41) is 15.3. The maximum Gasteiger partial charge on any atom is 0.108 e. The van der Waals surface area contributed by atoms with Gasteiger partial charge in [-0.1, -0.05) is 13.3 Å². The van der Waals surface area contributed by atoms with E-state index in [0.29, 0.717) is 5.92 Å². The van der Waals surface area contributed by atoms with Gasteiger partial charge in [-0.05, 0) is 55.0 Å². The molecule has 0 spiro atoms. The van der Waals surface area contributed by atoms with Gasteiger partial charge in [0.2, 0.25) is 0 Å². The Morgan fingerprint density at radius 2 is 2.29 bits per heavy atom. The Balaban J connectivity index is 2.41. The molecule has 0 aromatic carbocycles. The lowest BCUT2D eigenvalue weighted by Gasteiger charge is -2.36. The van der Waals surface area contributed by atoms with Gasteiger partial charge in [-0.2, -0.15) is 5.10 Å². The molecule has 0 amide bonds. The minimum Gasteiger partial charge on any atom is -0.384 e. The van der Waals surface area contributed by atoms with Crippen molar-refractivity contribution in [1.82, 2.24) is 9.78 Å². The fourth-order valence-corrected chi connectivity index (χ4v) is 3.55. The monoisotopic (exact) mass is 300 g/mol.